The molecular weight excluding hydrogens is 224 g/mol. The van der Waals surface area contributed by atoms with E-state index < -0.39 is 10.0 Å². The topological polar surface area (TPSA) is 49.4 Å². The van der Waals surface area contributed by atoms with E-state index in [1.54, 1.807) is 14.0 Å². The quantitative estimate of drug-likeness (QED) is 0.741. The maximum Gasteiger partial charge on any atom is 0.217 e. The van der Waals surface area contributed by atoms with E-state index in [-0.39, 0.29) is 5.25 Å². The van der Waals surface area contributed by atoms with Crippen LogP contribution in [-0.4, -0.2) is 44.2 Å². The van der Waals surface area contributed by atoms with Crippen LogP contribution in [0.25, 0.3) is 0 Å². The van der Waals surface area contributed by atoms with Gasteiger partial charge in [0.15, 0.2) is 0 Å². The molecule has 0 bridgehead atoms. The summed E-state index contributed by atoms with van der Waals surface area (Å²) < 4.78 is 25.6. The van der Waals surface area contributed by atoms with Crippen LogP contribution in [0.3, 0.4) is 0 Å². The molecule has 0 heterocycles. The van der Waals surface area contributed by atoms with Crippen LogP contribution in [0.5, 0.6) is 0 Å². The summed E-state index contributed by atoms with van der Waals surface area (Å²) in [5, 5.41) is 2.78. The number of nitrogens with zero attached hydrogens (tertiary/aromatic N) is 1. The Balaban J connectivity index is 4.41. The average molecular weight is 250 g/mol. The Hall–Kier alpha value is -0.130. The third kappa shape index (κ3) is 5.27. The van der Waals surface area contributed by atoms with E-state index in [2.05, 4.69) is 5.32 Å². The Labute approximate surface area is 100 Å². The maximum absolute atomic E-state index is 12.1. The molecule has 1 N–H and O–H groups in total. The summed E-state index contributed by atoms with van der Waals surface area (Å²) in [7, 11) is -1.50. The van der Waals surface area contributed by atoms with Crippen molar-refractivity contribution >= 4 is 10.0 Å². The van der Waals surface area contributed by atoms with Crippen LogP contribution in [0, 0.1) is 5.92 Å². The molecule has 5 heteroatoms. The molecule has 0 amide bonds. The van der Waals surface area contributed by atoms with Gasteiger partial charge in [-0.3, -0.25) is 0 Å². The lowest BCUT2D eigenvalue weighted by Gasteiger charge is -2.24. The van der Waals surface area contributed by atoms with Gasteiger partial charge in [-0.2, -0.15) is 0 Å². The summed E-state index contributed by atoms with van der Waals surface area (Å²) in [4.78, 5) is 0. The van der Waals surface area contributed by atoms with E-state index in [0.29, 0.717) is 25.0 Å². The van der Waals surface area contributed by atoms with Gasteiger partial charge in [0.05, 0.1) is 5.25 Å². The fourth-order valence-electron chi connectivity index (χ4n) is 1.43. The number of hydrogen-bond donors (Lipinski definition) is 1. The molecule has 0 aromatic carbocycles. The van der Waals surface area contributed by atoms with Crippen LogP contribution in [0.4, 0.5) is 0 Å². The van der Waals surface area contributed by atoms with Crippen LogP contribution < -0.4 is 5.32 Å². The van der Waals surface area contributed by atoms with Crippen molar-refractivity contribution in [1.82, 2.24) is 9.62 Å². The first-order valence-electron chi connectivity index (χ1n) is 5.86. The molecule has 1 unspecified atom stereocenters. The fourth-order valence-corrected chi connectivity index (χ4v) is 2.86. The minimum Gasteiger partial charge on any atom is -0.313 e. The van der Waals surface area contributed by atoms with E-state index in [4.69, 9.17) is 0 Å². The molecule has 0 aliphatic heterocycles. The third-order valence-corrected chi connectivity index (χ3v) is 4.58. The zero-order chi connectivity index (χ0) is 12.9. The van der Waals surface area contributed by atoms with Crippen LogP contribution in [0.1, 0.15) is 34.6 Å². The predicted octanol–water partition coefficient (Wildman–Crippen LogP) is 1.29. The predicted molar refractivity (Wildman–Crippen MR) is 69.0 cm³/mol. The van der Waals surface area contributed by atoms with Crippen molar-refractivity contribution in [1.29, 1.82) is 0 Å². The van der Waals surface area contributed by atoms with Gasteiger partial charge < -0.3 is 5.32 Å². The second kappa shape index (κ2) is 6.57. The van der Waals surface area contributed by atoms with E-state index in [0.717, 1.165) is 0 Å². The number of rotatable bonds is 7. The molecule has 0 saturated heterocycles. The molecule has 0 aliphatic rings. The lowest BCUT2D eigenvalue weighted by molar-refractivity contribution is 0.408. The minimum atomic E-state index is -3.16. The minimum absolute atomic E-state index is 0.313. The second-order valence-corrected chi connectivity index (χ2v) is 7.55. The van der Waals surface area contributed by atoms with Crippen molar-refractivity contribution in [3.8, 4) is 0 Å². The number of nitrogens with one attached hydrogen (secondary N) is 1. The van der Waals surface area contributed by atoms with Crippen molar-refractivity contribution in [2.24, 2.45) is 5.92 Å². The Morgan fingerprint density at radius 1 is 1.12 bits per heavy atom. The summed E-state index contributed by atoms with van der Waals surface area (Å²) in [6.45, 7) is 10.9. The summed E-state index contributed by atoms with van der Waals surface area (Å²) in [6, 6.07) is 0.313. The van der Waals surface area contributed by atoms with Crippen molar-refractivity contribution in [3.63, 3.8) is 0 Å². The normalized spacial score (nSPS) is 15.1. The smallest absolute Gasteiger partial charge is 0.217 e. The van der Waals surface area contributed by atoms with E-state index in [1.807, 2.05) is 27.7 Å². The lowest BCUT2D eigenvalue weighted by atomic mass is 10.2. The Morgan fingerprint density at radius 2 is 1.62 bits per heavy atom. The monoisotopic (exact) mass is 250 g/mol. The molecule has 0 fully saturated rings. The molecular formula is C11H26N2O2S. The van der Waals surface area contributed by atoms with Crippen LogP contribution in [0.2, 0.25) is 0 Å². The van der Waals surface area contributed by atoms with Crippen molar-refractivity contribution in [2.45, 2.75) is 45.9 Å². The van der Waals surface area contributed by atoms with Gasteiger partial charge in [0.1, 0.15) is 0 Å². The molecule has 0 spiro atoms. The van der Waals surface area contributed by atoms with Gasteiger partial charge in [0.25, 0.3) is 0 Å². The zero-order valence-corrected chi connectivity index (χ0v) is 12.1. The highest BCUT2D eigenvalue weighted by Crippen LogP contribution is 2.09. The van der Waals surface area contributed by atoms with E-state index in [9.17, 15) is 8.42 Å². The molecule has 1 atom stereocenters. The zero-order valence-electron chi connectivity index (χ0n) is 11.3. The Kier molecular flexibility index (Phi) is 6.51. The molecule has 4 nitrogen and oxygen atoms in total. The maximum atomic E-state index is 12.1. The first-order valence-corrected chi connectivity index (χ1v) is 7.36. The van der Waals surface area contributed by atoms with Crippen LogP contribution in [0.15, 0.2) is 0 Å². The first-order chi connectivity index (χ1) is 7.17. The highest BCUT2D eigenvalue weighted by Gasteiger charge is 2.25. The van der Waals surface area contributed by atoms with Gasteiger partial charge >= 0.3 is 0 Å². The third-order valence-electron chi connectivity index (χ3n) is 2.38. The molecule has 0 radical (unpaired) electrons. The van der Waals surface area contributed by atoms with Crippen LogP contribution in [-0.2, 0) is 10.0 Å². The van der Waals surface area contributed by atoms with E-state index in [1.165, 1.54) is 4.31 Å². The van der Waals surface area contributed by atoms with Gasteiger partial charge in [-0.15, -0.1) is 0 Å². The van der Waals surface area contributed by atoms with Crippen molar-refractivity contribution in [2.75, 3.05) is 20.1 Å². The lowest BCUT2D eigenvalue weighted by Crippen LogP contribution is -2.42. The Morgan fingerprint density at radius 3 is 2.00 bits per heavy atom. The summed E-state index contributed by atoms with van der Waals surface area (Å²) in [5.74, 6) is 0.352. The van der Waals surface area contributed by atoms with Crippen molar-refractivity contribution in [3.05, 3.63) is 0 Å². The van der Waals surface area contributed by atoms with Crippen molar-refractivity contribution < 1.29 is 8.42 Å². The molecule has 0 aromatic heterocycles. The Bertz CT molecular complexity index is 286. The average Bonchev–Trinajstić information content (AvgIpc) is 2.12. The van der Waals surface area contributed by atoms with Gasteiger partial charge in [-0.1, -0.05) is 27.7 Å². The summed E-state index contributed by atoms with van der Waals surface area (Å²) in [5.41, 5.74) is 0. The van der Waals surface area contributed by atoms with Crippen LogP contribution >= 0.6 is 0 Å². The molecule has 0 rings (SSSR count). The fraction of sp³-hybridized carbons (Fsp3) is 1.00. The van der Waals surface area contributed by atoms with Gasteiger partial charge in [-0.25, -0.2) is 12.7 Å². The summed E-state index contributed by atoms with van der Waals surface area (Å²) in [6.07, 6.45) is 0. The highest BCUT2D eigenvalue weighted by molar-refractivity contribution is 7.89. The molecule has 98 valence electrons. The van der Waals surface area contributed by atoms with Gasteiger partial charge in [0, 0.05) is 26.2 Å². The molecule has 0 saturated carbocycles. The molecule has 16 heavy (non-hydrogen) atoms. The highest BCUT2D eigenvalue weighted by atomic mass is 32.2. The first kappa shape index (κ1) is 15.9. The second-order valence-electron chi connectivity index (χ2n) is 5.09. The largest absolute Gasteiger partial charge is 0.313 e. The molecule has 0 aromatic rings. The van der Waals surface area contributed by atoms with E-state index >= 15 is 0 Å². The summed E-state index contributed by atoms with van der Waals surface area (Å²) >= 11 is 0. The standard InChI is InChI=1S/C11H26N2O2S/c1-9(2)8-13(6)16(14,15)11(5)7-12-10(3)4/h9-12H,7-8H2,1-6H3. The van der Waals surface area contributed by atoms with Gasteiger partial charge in [-0.05, 0) is 12.8 Å². The van der Waals surface area contributed by atoms with Gasteiger partial charge in [0.2, 0.25) is 10.0 Å². The SMILES string of the molecule is CC(C)CN(C)S(=O)(=O)C(C)CNC(C)C. The number of hydrogen-bond acceptors (Lipinski definition) is 3. The number of sulfonamides is 1. The molecule has 0 aliphatic carbocycles.